The minimum Gasteiger partial charge on any atom is -0.488 e. The quantitative estimate of drug-likeness (QED) is 0.728. The number of ether oxygens (including phenoxy) is 2. The Kier molecular flexibility index (Phi) is 2.59. The molecule has 1 aliphatic rings. The maximum Gasteiger partial charge on any atom is 0.124 e. The van der Waals surface area contributed by atoms with Crippen molar-refractivity contribution in [1.29, 1.82) is 0 Å². The molecule has 0 bridgehead atoms. The van der Waals surface area contributed by atoms with Gasteiger partial charge in [0.2, 0.25) is 0 Å². The minimum absolute atomic E-state index is 0.207. The molecule has 1 saturated heterocycles. The maximum atomic E-state index is 5.73. The molecule has 1 aromatic rings. The van der Waals surface area contributed by atoms with Crippen LogP contribution in [0.3, 0.4) is 0 Å². The van der Waals surface area contributed by atoms with E-state index in [9.17, 15) is 0 Å². The second-order valence-electron chi connectivity index (χ2n) is 3.62. The van der Waals surface area contributed by atoms with Gasteiger partial charge >= 0.3 is 0 Å². The van der Waals surface area contributed by atoms with Crippen LogP contribution in [0.5, 0.6) is 5.75 Å². The van der Waals surface area contributed by atoms with Gasteiger partial charge in [0.05, 0.1) is 13.2 Å². The number of hydrogen-bond donors (Lipinski definition) is 1. The Hall–Kier alpha value is -1.22. The first kappa shape index (κ1) is 9.34. The van der Waals surface area contributed by atoms with E-state index in [-0.39, 0.29) is 6.10 Å². The molecule has 0 unspecified atom stereocenters. The van der Waals surface area contributed by atoms with E-state index in [0.29, 0.717) is 6.61 Å². The molecule has 3 heteroatoms. The highest BCUT2D eigenvalue weighted by Gasteiger charge is 2.17. The highest BCUT2D eigenvalue weighted by atomic mass is 16.5. The largest absolute Gasteiger partial charge is 0.488 e. The Balaban J connectivity index is 2.05. The molecule has 0 spiro atoms. The van der Waals surface area contributed by atoms with Crippen molar-refractivity contribution >= 4 is 5.69 Å². The van der Waals surface area contributed by atoms with Crippen molar-refractivity contribution < 1.29 is 9.47 Å². The molecule has 14 heavy (non-hydrogen) atoms. The van der Waals surface area contributed by atoms with Crippen molar-refractivity contribution in [2.24, 2.45) is 0 Å². The predicted octanol–water partition coefficient (Wildman–Crippen LogP) is 1.74. The molecule has 2 N–H and O–H groups in total. The number of nitrogens with two attached hydrogens (primary N) is 1. The van der Waals surface area contributed by atoms with Crippen LogP contribution in [0.25, 0.3) is 0 Å². The van der Waals surface area contributed by atoms with Crippen molar-refractivity contribution in [2.75, 3.05) is 18.9 Å². The van der Waals surface area contributed by atoms with Crippen LogP contribution >= 0.6 is 0 Å². The van der Waals surface area contributed by atoms with Crippen molar-refractivity contribution in [2.45, 2.75) is 19.4 Å². The third kappa shape index (κ3) is 1.99. The molecule has 2 rings (SSSR count). The lowest BCUT2D eigenvalue weighted by Crippen LogP contribution is -2.15. The Morgan fingerprint density at radius 3 is 3.00 bits per heavy atom. The number of hydrogen-bond acceptors (Lipinski definition) is 3. The summed E-state index contributed by atoms with van der Waals surface area (Å²) in [5.41, 5.74) is 7.58. The van der Waals surface area contributed by atoms with E-state index in [4.69, 9.17) is 15.2 Å². The summed E-state index contributed by atoms with van der Waals surface area (Å²) in [6.45, 7) is 3.48. The number of rotatable bonds is 2. The van der Waals surface area contributed by atoms with Gasteiger partial charge in [0.15, 0.2) is 0 Å². The summed E-state index contributed by atoms with van der Waals surface area (Å²) < 4.78 is 11.0. The second kappa shape index (κ2) is 3.88. The Morgan fingerprint density at radius 2 is 2.36 bits per heavy atom. The number of aryl methyl sites for hydroxylation is 1. The molecule has 0 radical (unpaired) electrons. The van der Waals surface area contributed by atoms with Gasteiger partial charge in [-0.25, -0.2) is 0 Å². The number of anilines is 1. The normalized spacial score (nSPS) is 21.1. The van der Waals surface area contributed by atoms with Gasteiger partial charge in [0, 0.05) is 12.1 Å². The van der Waals surface area contributed by atoms with Crippen LogP contribution in [-0.4, -0.2) is 19.3 Å². The van der Waals surface area contributed by atoms with Gasteiger partial charge in [-0.1, -0.05) is 0 Å². The van der Waals surface area contributed by atoms with E-state index >= 15 is 0 Å². The molecular weight excluding hydrogens is 178 g/mol. The van der Waals surface area contributed by atoms with E-state index in [1.165, 1.54) is 0 Å². The van der Waals surface area contributed by atoms with Crippen molar-refractivity contribution in [3.63, 3.8) is 0 Å². The summed E-state index contributed by atoms with van der Waals surface area (Å²) in [4.78, 5) is 0. The number of benzene rings is 1. The summed E-state index contributed by atoms with van der Waals surface area (Å²) in [7, 11) is 0. The number of nitrogen functional groups attached to an aromatic ring is 1. The molecule has 0 aliphatic carbocycles. The molecular formula is C11H15NO2. The van der Waals surface area contributed by atoms with E-state index in [2.05, 4.69) is 0 Å². The zero-order valence-corrected chi connectivity index (χ0v) is 8.32. The summed E-state index contributed by atoms with van der Waals surface area (Å²) in [6.07, 6.45) is 1.18. The van der Waals surface area contributed by atoms with Gasteiger partial charge in [-0.3, -0.25) is 0 Å². The molecule has 0 amide bonds. The van der Waals surface area contributed by atoms with Gasteiger partial charge in [0.1, 0.15) is 11.9 Å². The molecule has 1 heterocycles. The Bertz CT molecular complexity index is 319. The average molecular weight is 193 g/mol. The van der Waals surface area contributed by atoms with Gasteiger partial charge < -0.3 is 15.2 Å². The molecule has 0 saturated carbocycles. The molecule has 0 aromatic heterocycles. The van der Waals surface area contributed by atoms with Crippen molar-refractivity contribution in [1.82, 2.24) is 0 Å². The van der Waals surface area contributed by atoms with Crippen molar-refractivity contribution in [3.8, 4) is 5.75 Å². The zero-order valence-electron chi connectivity index (χ0n) is 8.32. The lowest BCUT2D eigenvalue weighted by atomic mass is 10.2. The summed E-state index contributed by atoms with van der Waals surface area (Å²) in [6, 6.07) is 5.74. The van der Waals surface area contributed by atoms with Crippen LogP contribution in [0, 0.1) is 6.92 Å². The molecule has 1 aliphatic heterocycles. The molecule has 1 atom stereocenters. The lowest BCUT2D eigenvalue weighted by Gasteiger charge is -2.12. The Labute approximate surface area is 83.8 Å². The highest BCUT2D eigenvalue weighted by molar-refractivity contribution is 5.49. The van der Waals surface area contributed by atoms with Crippen LogP contribution in [0.1, 0.15) is 12.0 Å². The molecule has 1 fully saturated rings. The molecule has 3 nitrogen and oxygen atoms in total. The predicted molar refractivity (Wildman–Crippen MR) is 55.4 cm³/mol. The van der Waals surface area contributed by atoms with Crippen LogP contribution in [-0.2, 0) is 4.74 Å². The molecule has 1 aromatic carbocycles. The molecule has 76 valence electrons. The second-order valence-corrected chi connectivity index (χ2v) is 3.62. The van der Waals surface area contributed by atoms with Crippen LogP contribution in [0.4, 0.5) is 5.69 Å². The third-order valence-electron chi connectivity index (χ3n) is 2.43. The van der Waals surface area contributed by atoms with Crippen LogP contribution in [0.2, 0.25) is 0 Å². The summed E-state index contributed by atoms with van der Waals surface area (Å²) in [5.74, 6) is 0.882. The third-order valence-corrected chi connectivity index (χ3v) is 2.43. The van der Waals surface area contributed by atoms with Gasteiger partial charge in [-0.15, -0.1) is 0 Å². The van der Waals surface area contributed by atoms with Gasteiger partial charge in [0.25, 0.3) is 0 Å². The topological polar surface area (TPSA) is 44.5 Å². The minimum atomic E-state index is 0.207. The lowest BCUT2D eigenvalue weighted by molar-refractivity contribution is 0.141. The first-order chi connectivity index (χ1) is 6.75. The van der Waals surface area contributed by atoms with Crippen LogP contribution < -0.4 is 10.5 Å². The fourth-order valence-corrected chi connectivity index (χ4v) is 1.52. The first-order valence-electron chi connectivity index (χ1n) is 4.86. The Morgan fingerprint density at radius 1 is 1.50 bits per heavy atom. The summed E-state index contributed by atoms with van der Waals surface area (Å²) in [5, 5.41) is 0. The fourth-order valence-electron chi connectivity index (χ4n) is 1.52. The van der Waals surface area contributed by atoms with Crippen LogP contribution in [0.15, 0.2) is 18.2 Å². The SMILES string of the molecule is Cc1cc(O[C@H]2CCOC2)ccc1N. The monoisotopic (exact) mass is 193 g/mol. The van der Waals surface area contributed by atoms with Crippen molar-refractivity contribution in [3.05, 3.63) is 23.8 Å². The van der Waals surface area contributed by atoms with Gasteiger partial charge in [-0.2, -0.15) is 0 Å². The first-order valence-corrected chi connectivity index (χ1v) is 4.86. The fraction of sp³-hybridized carbons (Fsp3) is 0.455. The smallest absolute Gasteiger partial charge is 0.124 e. The average Bonchev–Trinajstić information content (AvgIpc) is 2.64. The summed E-state index contributed by atoms with van der Waals surface area (Å²) >= 11 is 0. The van der Waals surface area contributed by atoms with E-state index < -0.39 is 0 Å². The zero-order chi connectivity index (χ0) is 9.97. The van der Waals surface area contributed by atoms with E-state index in [0.717, 1.165) is 30.0 Å². The standard InChI is InChI=1S/C11H15NO2/c1-8-6-9(2-3-11(8)12)14-10-4-5-13-7-10/h2-3,6,10H,4-5,7,12H2,1H3/t10-/m0/s1. The highest BCUT2D eigenvalue weighted by Crippen LogP contribution is 2.21. The maximum absolute atomic E-state index is 5.73. The van der Waals surface area contributed by atoms with E-state index in [1.54, 1.807) is 0 Å². The van der Waals surface area contributed by atoms with E-state index in [1.807, 2.05) is 25.1 Å². The van der Waals surface area contributed by atoms with Gasteiger partial charge in [-0.05, 0) is 30.7 Å².